The van der Waals surface area contributed by atoms with E-state index in [0.29, 0.717) is 12.2 Å². The van der Waals surface area contributed by atoms with E-state index in [1.807, 2.05) is 0 Å². The van der Waals surface area contributed by atoms with E-state index >= 15 is 0 Å². The van der Waals surface area contributed by atoms with E-state index in [-0.39, 0.29) is 10.2 Å². The van der Waals surface area contributed by atoms with Crippen LogP contribution in [0.1, 0.15) is 5.56 Å². The molecule has 0 spiro atoms. The molecule has 0 saturated heterocycles. The third kappa shape index (κ3) is 4.52. The summed E-state index contributed by atoms with van der Waals surface area (Å²) >= 11 is 3.05. The second-order valence-corrected chi connectivity index (χ2v) is 4.91. The molecule has 2 aromatic rings. The van der Waals surface area contributed by atoms with Gasteiger partial charge in [0.1, 0.15) is 5.75 Å². The Kier molecular flexibility index (Phi) is 4.56. The van der Waals surface area contributed by atoms with Crippen molar-refractivity contribution in [1.82, 2.24) is 9.78 Å². The number of nitrogens with one attached hydrogen (secondary N) is 1. The summed E-state index contributed by atoms with van der Waals surface area (Å²) in [6.07, 6.45) is 0.307. The molecule has 0 aliphatic heterocycles. The highest BCUT2D eigenvalue weighted by Crippen LogP contribution is 2.32. The molecule has 1 heterocycles. The van der Waals surface area contributed by atoms with Gasteiger partial charge in [-0.2, -0.15) is 5.10 Å². The highest BCUT2D eigenvalue weighted by Gasteiger charge is 2.31. The van der Waals surface area contributed by atoms with Gasteiger partial charge in [0.05, 0.1) is 10.7 Å². The van der Waals surface area contributed by atoms with Crippen molar-refractivity contribution in [2.24, 2.45) is 0 Å². The van der Waals surface area contributed by atoms with E-state index in [2.05, 4.69) is 37.7 Å². The Morgan fingerprint density at radius 2 is 2.19 bits per heavy atom. The number of rotatable bonds is 5. The molecule has 0 unspecified atom stereocenters. The highest BCUT2D eigenvalue weighted by molar-refractivity contribution is 9.10. The van der Waals surface area contributed by atoms with Crippen molar-refractivity contribution in [3.8, 4) is 5.75 Å². The van der Waals surface area contributed by atoms with E-state index < -0.39 is 6.36 Å². The van der Waals surface area contributed by atoms with Gasteiger partial charge in [-0.1, -0.05) is 6.58 Å². The third-order valence-corrected chi connectivity index (χ3v) is 3.12. The molecule has 4 nitrogen and oxygen atoms in total. The maximum atomic E-state index is 12.2. The monoisotopic (exact) mass is 361 g/mol. The lowest BCUT2D eigenvalue weighted by atomic mass is 10.3. The molecule has 0 bridgehead atoms. The Labute approximate surface area is 127 Å². The minimum absolute atomic E-state index is 0.214. The standard InChI is InChI=1S/C13H11BrF3N3O/c1-2-20-8-9(7-19-20)6-18-10-3-4-12(11(14)5-10)21-13(15,16)17/h2-5,7-8,18H,1,6H2. The van der Waals surface area contributed by atoms with Crippen LogP contribution in [0.2, 0.25) is 0 Å². The zero-order chi connectivity index (χ0) is 15.5. The fourth-order valence-corrected chi connectivity index (χ4v) is 2.05. The number of nitrogens with zero attached hydrogens (tertiary/aromatic N) is 2. The number of aromatic nitrogens is 2. The van der Waals surface area contributed by atoms with Crippen LogP contribution in [-0.4, -0.2) is 16.1 Å². The van der Waals surface area contributed by atoms with Crippen LogP contribution < -0.4 is 10.1 Å². The number of halogens is 4. The molecule has 0 aliphatic carbocycles. The summed E-state index contributed by atoms with van der Waals surface area (Å²) in [5, 5.41) is 7.10. The van der Waals surface area contributed by atoms with Crippen molar-refractivity contribution < 1.29 is 17.9 Å². The number of ether oxygens (including phenoxy) is 1. The van der Waals surface area contributed by atoms with Crippen LogP contribution in [0, 0.1) is 0 Å². The summed E-state index contributed by atoms with van der Waals surface area (Å²) < 4.78 is 42.1. The molecule has 1 aromatic heterocycles. The third-order valence-electron chi connectivity index (χ3n) is 2.50. The van der Waals surface area contributed by atoms with Gasteiger partial charge in [-0.3, -0.25) is 0 Å². The number of hydrogen-bond acceptors (Lipinski definition) is 3. The Hall–Kier alpha value is -1.96. The quantitative estimate of drug-likeness (QED) is 0.864. The highest BCUT2D eigenvalue weighted by atomic mass is 79.9. The lowest BCUT2D eigenvalue weighted by Gasteiger charge is -2.12. The van der Waals surface area contributed by atoms with Gasteiger partial charge in [-0.05, 0) is 34.1 Å². The summed E-state index contributed by atoms with van der Waals surface area (Å²) in [5.74, 6) is -0.285. The molecule has 0 fully saturated rings. The second kappa shape index (κ2) is 6.21. The lowest BCUT2D eigenvalue weighted by molar-refractivity contribution is -0.274. The molecule has 0 aliphatic rings. The average Bonchev–Trinajstić information content (AvgIpc) is 2.86. The molecule has 2 rings (SSSR count). The van der Waals surface area contributed by atoms with Crippen molar-refractivity contribution in [3.05, 3.63) is 47.2 Å². The molecule has 0 radical (unpaired) electrons. The van der Waals surface area contributed by atoms with Crippen LogP contribution in [0.4, 0.5) is 18.9 Å². The summed E-state index contributed by atoms with van der Waals surface area (Å²) in [4.78, 5) is 0. The molecule has 21 heavy (non-hydrogen) atoms. The van der Waals surface area contributed by atoms with Crippen molar-refractivity contribution in [1.29, 1.82) is 0 Å². The Bertz CT molecular complexity index is 640. The van der Waals surface area contributed by atoms with Crippen molar-refractivity contribution in [2.45, 2.75) is 12.9 Å². The van der Waals surface area contributed by atoms with Gasteiger partial charge in [0.2, 0.25) is 0 Å². The van der Waals surface area contributed by atoms with E-state index in [9.17, 15) is 13.2 Å². The fraction of sp³-hybridized carbons (Fsp3) is 0.154. The van der Waals surface area contributed by atoms with E-state index in [0.717, 1.165) is 5.56 Å². The number of benzene rings is 1. The summed E-state index contributed by atoms with van der Waals surface area (Å²) in [6.45, 7) is 4.07. The van der Waals surface area contributed by atoms with Crippen molar-refractivity contribution in [2.75, 3.05) is 5.32 Å². The smallest absolute Gasteiger partial charge is 0.405 e. The molecular formula is C13H11BrF3N3O. The topological polar surface area (TPSA) is 39.1 Å². The van der Waals surface area contributed by atoms with Crippen LogP contribution in [0.25, 0.3) is 6.20 Å². The number of hydrogen-bond donors (Lipinski definition) is 1. The molecule has 8 heteroatoms. The first-order valence-corrected chi connectivity index (χ1v) is 6.61. The second-order valence-electron chi connectivity index (χ2n) is 4.06. The SMILES string of the molecule is C=Cn1cc(CNc2ccc(OC(F)(F)F)c(Br)c2)cn1. The van der Waals surface area contributed by atoms with Gasteiger partial charge in [-0.15, -0.1) is 13.2 Å². The zero-order valence-electron chi connectivity index (χ0n) is 10.7. The maximum Gasteiger partial charge on any atom is 0.573 e. The average molecular weight is 362 g/mol. The zero-order valence-corrected chi connectivity index (χ0v) is 12.3. The molecule has 0 atom stereocenters. The fourth-order valence-electron chi connectivity index (χ4n) is 1.59. The summed E-state index contributed by atoms with van der Waals surface area (Å²) in [7, 11) is 0. The van der Waals surface area contributed by atoms with Crippen LogP contribution in [-0.2, 0) is 6.54 Å². The van der Waals surface area contributed by atoms with Crippen LogP contribution in [0.3, 0.4) is 0 Å². The van der Waals surface area contributed by atoms with E-state index in [4.69, 9.17) is 0 Å². The molecule has 0 saturated carbocycles. The van der Waals surface area contributed by atoms with Gasteiger partial charge in [0.25, 0.3) is 0 Å². The minimum Gasteiger partial charge on any atom is -0.405 e. The Morgan fingerprint density at radius 3 is 2.76 bits per heavy atom. The Morgan fingerprint density at radius 1 is 1.43 bits per heavy atom. The largest absolute Gasteiger partial charge is 0.573 e. The number of alkyl halides is 3. The molecule has 112 valence electrons. The molecular weight excluding hydrogens is 351 g/mol. The van der Waals surface area contributed by atoms with Crippen molar-refractivity contribution >= 4 is 27.8 Å². The number of anilines is 1. The van der Waals surface area contributed by atoms with Gasteiger partial charge in [0, 0.05) is 30.2 Å². The van der Waals surface area contributed by atoms with Gasteiger partial charge >= 0.3 is 6.36 Å². The first-order chi connectivity index (χ1) is 9.87. The van der Waals surface area contributed by atoms with Crippen molar-refractivity contribution in [3.63, 3.8) is 0 Å². The molecule has 1 aromatic carbocycles. The molecule has 0 amide bonds. The van der Waals surface area contributed by atoms with E-state index in [1.165, 1.54) is 18.2 Å². The maximum absolute atomic E-state index is 12.2. The van der Waals surface area contributed by atoms with Gasteiger partial charge in [0.15, 0.2) is 0 Å². The first-order valence-electron chi connectivity index (χ1n) is 5.82. The lowest BCUT2D eigenvalue weighted by Crippen LogP contribution is -2.17. The van der Waals surface area contributed by atoms with Crippen LogP contribution >= 0.6 is 15.9 Å². The predicted molar refractivity (Wildman–Crippen MR) is 76.8 cm³/mol. The van der Waals surface area contributed by atoms with Crippen LogP contribution in [0.15, 0.2) is 41.6 Å². The van der Waals surface area contributed by atoms with Gasteiger partial charge in [-0.25, -0.2) is 4.68 Å². The first kappa shape index (κ1) is 15.4. The summed E-state index contributed by atoms with van der Waals surface area (Å²) in [6, 6.07) is 4.26. The minimum atomic E-state index is -4.71. The Balaban J connectivity index is 2.01. The summed E-state index contributed by atoms with van der Waals surface area (Å²) in [5.41, 5.74) is 1.57. The predicted octanol–water partition coefficient (Wildman–Crippen LogP) is 4.26. The van der Waals surface area contributed by atoms with Gasteiger partial charge < -0.3 is 10.1 Å². The van der Waals surface area contributed by atoms with E-state index in [1.54, 1.807) is 23.3 Å². The molecule has 1 N–H and O–H groups in total. The normalized spacial score (nSPS) is 11.2. The van der Waals surface area contributed by atoms with Crippen LogP contribution in [0.5, 0.6) is 5.75 Å².